The highest BCUT2D eigenvalue weighted by atomic mass is 35.5. The summed E-state index contributed by atoms with van der Waals surface area (Å²) in [6.45, 7) is 1.86. The van der Waals surface area contributed by atoms with Crippen LogP contribution in [0.25, 0.3) is 0 Å². The first kappa shape index (κ1) is 14.5. The normalized spacial score (nSPS) is 10.3. The molecule has 0 aliphatic heterocycles. The van der Waals surface area contributed by atoms with E-state index in [1.807, 2.05) is 6.92 Å². The summed E-state index contributed by atoms with van der Waals surface area (Å²) in [5.74, 6) is -0.575. The molecule has 0 radical (unpaired) electrons. The number of nitrogens with two attached hydrogens (primary N) is 2. The van der Waals surface area contributed by atoms with Crippen LogP contribution in [-0.4, -0.2) is 5.91 Å². The number of nitrogen functional groups attached to an aromatic ring is 1. The molecule has 0 heterocycles. The van der Waals surface area contributed by atoms with Gasteiger partial charge in [0.25, 0.3) is 5.91 Å². The lowest BCUT2D eigenvalue weighted by Gasteiger charge is -2.13. The fraction of sp³-hybridized carbons (Fsp3) is 0.0714. The minimum Gasteiger partial charge on any atom is -0.399 e. The van der Waals surface area contributed by atoms with E-state index in [-0.39, 0.29) is 5.56 Å². The Hall–Kier alpha value is -1.91. The molecule has 0 unspecified atom stereocenters. The van der Waals surface area contributed by atoms with Crippen molar-refractivity contribution in [3.8, 4) is 0 Å². The van der Waals surface area contributed by atoms with E-state index in [9.17, 15) is 4.79 Å². The standard InChI is InChI=1S/C14H13Cl2N3O/c1-7-4-11(16)13(6-10(7)15)19-12-3-2-8(17)5-9(12)14(18)20/h2-6,19H,17H2,1H3,(H2,18,20). The molecule has 104 valence electrons. The summed E-state index contributed by atoms with van der Waals surface area (Å²) in [6.07, 6.45) is 0. The Balaban J connectivity index is 2.45. The van der Waals surface area contributed by atoms with E-state index < -0.39 is 5.91 Å². The van der Waals surface area contributed by atoms with Gasteiger partial charge in [0, 0.05) is 10.7 Å². The highest BCUT2D eigenvalue weighted by molar-refractivity contribution is 6.36. The quantitative estimate of drug-likeness (QED) is 0.756. The summed E-state index contributed by atoms with van der Waals surface area (Å²) in [6, 6.07) is 8.28. The fourth-order valence-electron chi connectivity index (χ4n) is 1.76. The minimum atomic E-state index is -0.575. The van der Waals surface area contributed by atoms with E-state index >= 15 is 0 Å². The number of carbonyl (C=O) groups is 1. The van der Waals surface area contributed by atoms with Crippen LogP contribution in [0.3, 0.4) is 0 Å². The van der Waals surface area contributed by atoms with Gasteiger partial charge in [0.1, 0.15) is 0 Å². The number of carbonyl (C=O) groups excluding carboxylic acids is 1. The third kappa shape index (κ3) is 2.98. The second-order valence-corrected chi connectivity index (χ2v) is 5.19. The summed E-state index contributed by atoms with van der Waals surface area (Å²) in [7, 11) is 0. The number of anilines is 3. The Morgan fingerprint density at radius 2 is 1.80 bits per heavy atom. The van der Waals surface area contributed by atoms with E-state index in [2.05, 4.69) is 5.32 Å². The molecule has 0 saturated carbocycles. The van der Waals surface area contributed by atoms with Gasteiger partial charge in [-0.25, -0.2) is 0 Å². The van der Waals surface area contributed by atoms with Crippen molar-refractivity contribution in [3.05, 3.63) is 51.5 Å². The van der Waals surface area contributed by atoms with Crippen LogP contribution in [0, 0.1) is 6.92 Å². The molecule has 4 nitrogen and oxygen atoms in total. The monoisotopic (exact) mass is 309 g/mol. The number of benzene rings is 2. The summed E-state index contributed by atoms with van der Waals surface area (Å²) in [4.78, 5) is 11.4. The summed E-state index contributed by atoms with van der Waals surface area (Å²) < 4.78 is 0. The lowest BCUT2D eigenvalue weighted by molar-refractivity contribution is 0.100. The number of nitrogens with one attached hydrogen (secondary N) is 1. The number of hydrogen-bond donors (Lipinski definition) is 3. The molecule has 2 rings (SSSR count). The average molecular weight is 310 g/mol. The van der Waals surface area contributed by atoms with Gasteiger partial charge in [-0.2, -0.15) is 0 Å². The number of rotatable bonds is 3. The zero-order valence-corrected chi connectivity index (χ0v) is 12.2. The van der Waals surface area contributed by atoms with E-state index in [0.717, 1.165) is 5.56 Å². The fourth-order valence-corrected chi connectivity index (χ4v) is 2.19. The SMILES string of the molecule is Cc1cc(Cl)c(Nc2ccc(N)cc2C(N)=O)cc1Cl. The largest absolute Gasteiger partial charge is 0.399 e. The molecule has 0 aliphatic rings. The van der Waals surface area contributed by atoms with Gasteiger partial charge in [-0.15, -0.1) is 0 Å². The smallest absolute Gasteiger partial charge is 0.250 e. The molecule has 2 aromatic rings. The Kier molecular flexibility index (Phi) is 4.06. The van der Waals surface area contributed by atoms with Crippen molar-refractivity contribution in [1.82, 2.24) is 0 Å². The highest BCUT2D eigenvalue weighted by Gasteiger charge is 2.11. The third-order valence-corrected chi connectivity index (χ3v) is 3.55. The second kappa shape index (κ2) is 5.61. The molecule has 20 heavy (non-hydrogen) atoms. The van der Waals surface area contributed by atoms with Crippen LogP contribution in [0.15, 0.2) is 30.3 Å². The van der Waals surface area contributed by atoms with Crippen LogP contribution in [0.4, 0.5) is 17.1 Å². The second-order valence-electron chi connectivity index (χ2n) is 4.38. The molecular weight excluding hydrogens is 297 g/mol. The topological polar surface area (TPSA) is 81.1 Å². The van der Waals surface area contributed by atoms with Crippen molar-refractivity contribution in [2.24, 2.45) is 5.73 Å². The van der Waals surface area contributed by atoms with Crippen molar-refractivity contribution in [2.75, 3.05) is 11.1 Å². The summed E-state index contributed by atoms with van der Waals surface area (Å²) >= 11 is 12.2. The van der Waals surface area contributed by atoms with Gasteiger partial charge in [0.15, 0.2) is 0 Å². The molecular formula is C14H13Cl2N3O. The first-order valence-electron chi connectivity index (χ1n) is 5.80. The van der Waals surface area contributed by atoms with Crippen molar-refractivity contribution < 1.29 is 4.79 Å². The summed E-state index contributed by atoms with van der Waals surface area (Å²) in [5, 5.41) is 4.12. The molecule has 1 amide bonds. The van der Waals surface area contributed by atoms with Gasteiger partial charge < -0.3 is 16.8 Å². The molecule has 5 N–H and O–H groups in total. The molecule has 2 aromatic carbocycles. The van der Waals surface area contributed by atoms with Crippen molar-refractivity contribution in [2.45, 2.75) is 6.92 Å². The number of halogens is 2. The Labute approximate surface area is 126 Å². The van der Waals surface area contributed by atoms with Gasteiger partial charge in [-0.1, -0.05) is 23.2 Å². The predicted molar refractivity (Wildman–Crippen MR) is 83.9 cm³/mol. The lowest BCUT2D eigenvalue weighted by Crippen LogP contribution is -2.13. The molecule has 0 fully saturated rings. The van der Waals surface area contributed by atoms with Crippen LogP contribution < -0.4 is 16.8 Å². The van der Waals surface area contributed by atoms with Crippen molar-refractivity contribution >= 4 is 46.2 Å². The van der Waals surface area contributed by atoms with Crippen LogP contribution >= 0.6 is 23.2 Å². The van der Waals surface area contributed by atoms with Gasteiger partial charge in [0.2, 0.25) is 0 Å². The van der Waals surface area contributed by atoms with E-state index in [1.54, 1.807) is 24.3 Å². The maximum atomic E-state index is 11.4. The molecule has 0 aromatic heterocycles. The zero-order valence-electron chi connectivity index (χ0n) is 10.7. The van der Waals surface area contributed by atoms with Gasteiger partial charge in [-0.05, 0) is 42.8 Å². The summed E-state index contributed by atoms with van der Waals surface area (Å²) in [5.41, 5.74) is 13.7. The van der Waals surface area contributed by atoms with Crippen LogP contribution in [-0.2, 0) is 0 Å². The van der Waals surface area contributed by atoms with Crippen LogP contribution in [0.1, 0.15) is 15.9 Å². The Bertz CT molecular complexity index is 686. The molecule has 0 aliphatic carbocycles. The van der Waals surface area contributed by atoms with E-state index in [1.165, 1.54) is 6.07 Å². The van der Waals surface area contributed by atoms with Gasteiger partial charge in [0.05, 0.1) is 22.0 Å². The lowest BCUT2D eigenvalue weighted by atomic mass is 10.1. The maximum absolute atomic E-state index is 11.4. The number of amides is 1. The Morgan fingerprint density at radius 3 is 2.45 bits per heavy atom. The van der Waals surface area contributed by atoms with Gasteiger partial charge >= 0.3 is 0 Å². The van der Waals surface area contributed by atoms with E-state index in [4.69, 9.17) is 34.7 Å². The first-order chi connectivity index (χ1) is 9.38. The molecule has 6 heteroatoms. The molecule has 0 spiro atoms. The number of hydrogen-bond acceptors (Lipinski definition) is 3. The minimum absolute atomic E-state index is 0.290. The van der Waals surface area contributed by atoms with Gasteiger partial charge in [-0.3, -0.25) is 4.79 Å². The molecule has 0 atom stereocenters. The third-order valence-electron chi connectivity index (χ3n) is 2.83. The molecule has 0 bridgehead atoms. The van der Waals surface area contributed by atoms with Crippen LogP contribution in [0.2, 0.25) is 10.0 Å². The van der Waals surface area contributed by atoms with Crippen LogP contribution in [0.5, 0.6) is 0 Å². The zero-order chi connectivity index (χ0) is 14.9. The average Bonchev–Trinajstić information content (AvgIpc) is 2.37. The first-order valence-corrected chi connectivity index (χ1v) is 6.56. The number of primary amides is 1. The Morgan fingerprint density at radius 1 is 1.10 bits per heavy atom. The predicted octanol–water partition coefficient (Wildman–Crippen LogP) is 3.73. The maximum Gasteiger partial charge on any atom is 0.250 e. The van der Waals surface area contributed by atoms with E-state index in [0.29, 0.717) is 27.1 Å². The van der Waals surface area contributed by atoms with Crippen molar-refractivity contribution in [3.63, 3.8) is 0 Å². The molecule has 0 saturated heterocycles. The van der Waals surface area contributed by atoms with Crippen molar-refractivity contribution in [1.29, 1.82) is 0 Å². The highest BCUT2D eigenvalue weighted by Crippen LogP contribution is 2.32. The number of aryl methyl sites for hydroxylation is 1.